The number of hydrogen-bond acceptors (Lipinski definition) is 4. The van der Waals surface area contributed by atoms with Crippen molar-refractivity contribution in [2.45, 2.75) is 26.8 Å². The lowest BCUT2D eigenvalue weighted by Gasteiger charge is -2.10. The van der Waals surface area contributed by atoms with Gasteiger partial charge in [-0.05, 0) is 29.3 Å². The number of aromatic nitrogens is 4. The summed E-state index contributed by atoms with van der Waals surface area (Å²) < 4.78 is 2.96. The van der Waals surface area contributed by atoms with E-state index >= 15 is 0 Å². The van der Waals surface area contributed by atoms with Crippen LogP contribution in [0.25, 0.3) is 11.5 Å². The smallest absolute Gasteiger partial charge is 0.180 e. The Morgan fingerprint density at radius 1 is 1.33 bits per heavy atom. The molecule has 6 heteroatoms. The van der Waals surface area contributed by atoms with E-state index in [9.17, 15) is 0 Å². The van der Waals surface area contributed by atoms with Gasteiger partial charge in [0, 0.05) is 13.6 Å². The van der Waals surface area contributed by atoms with Gasteiger partial charge in [0.15, 0.2) is 5.82 Å². The highest BCUT2D eigenvalue weighted by Gasteiger charge is 2.13. The van der Waals surface area contributed by atoms with Crippen LogP contribution in [-0.4, -0.2) is 26.6 Å². The number of anilines is 1. The van der Waals surface area contributed by atoms with E-state index in [0.29, 0.717) is 5.82 Å². The third kappa shape index (κ3) is 2.25. The van der Waals surface area contributed by atoms with Gasteiger partial charge in [0.25, 0.3) is 0 Å². The van der Waals surface area contributed by atoms with Crippen molar-refractivity contribution in [3.63, 3.8) is 0 Å². The molecule has 0 radical (unpaired) electrons. The molecule has 96 valence electrons. The van der Waals surface area contributed by atoms with E-state index in [1.807, 2.05) is 11.6 Å². The van der Waals surface area contributed by atoms with Gasteiger partial charge in [-0.25, -0.2) is 15.0 Å². The number of rotatable bonds is 4. The summed E-state index contributed by atoms with van der Waals surface area (Å²) in [6, 6.07) is 0. The van der Waals surface area contributed by atoms with Gasteiger partial charge in [0.05, 0.1) is 22.7 Å². The maximum absolute atomic E-state index is 4.59. The van der Waals surface area contributed by atoms with E-state index in [-0.39, 0.29) is 0 Å². The highest BCUT2D eigenvalue weighted by atomic mass is 79.9. The molecule has 0 aliphatic rings. The monoisotopic (exact) mass is 309 g/mol. The van der Waals surface area contributed by atoms with Gasteiger partial charge >= 0.3 is 0 Å². The van der Waals surface area contributed by atoms with Gasteiger partial charge in [-0.1, -0.05) is 6.92 Å². The van der Waals surface area contributed by atoms with E-state index in [1.165, 1.54) is 0 Å². The molecule has 0 atom stereocenters. The average Bonchev–Trinajstić information content (AvgIpc) is 2.87. The topological polar surface area (TPSA) is 55.6 Å². The Kier molecular flexibility index (Phi) is 3.96. The normalized spacial score (nSPS) is 10.7. The molecule has 2 rings (SSSR count). The third-order valence-electron chi connectivity index (χ3n) is 2.77. The first kappa shape index (κ1) is 13.0. The first-order chi connectivity index (χ1) is 8.71. The van der Waals surface area contributed by atoms with Crippen molar-refractivity contribution in [1.29, 1.82) is 0 Å². The Balaban J connectivity index is 2.58. The van der Waals surface area contributed by atoms with Gasteiger partial charge in [-0.15, -0.1) is 0 Å². The zero-order chi connectivity index (χ0) is 13.1. The van der Waals surface area contributed by atoms with Crippen molar-refractivity contribution in [3.8, 4) is 11.5 Å². The van der Waals surface area contributed by atoms with Crippen molar-refractivity contribution in [3.05, 3.63) is 22.7 Å². The second-order valence-corrected chi connectivity index (χ2v) is 4.62. The number of halogens is 1. The summed E-state index contributed by atoms with van der Waals surface area (Å²) >= 11 is 3.52. The molecule has 0 saturated carbocycles. The Morgan fingerprint density at radius 2 is 2.11 bits per heavy atom. The highest BCUT2D eigenvalue weighted by Crippen LogP contribution is 2.27. The molecule has 0 amide bonds. The molecule has 0 spiro atoms. The predicted octanol–water partition coefficient (Wildman–Crippen LogP) is 2.73. The van der Waals surface area contributed by atoms with Crippen LogP contribution in [0.15, 0.2) is 17.0 Å². The van der Waals surface area contributed by atoms with Gasteiger partial charge in [0.2, 0.25) is 0 Å². The maximum atomic E-state index is 4.59. The summed E-state index contributed by atoms with van der Waals surface area (Å²) in [7, 11) is 1.85. The Morgan fingerprint density at radius 3 is 2.72 bits per heavy atom. The average molecular weight is 310 g/mol. The second-order valence-electron chi connectivity index (χ2n) is 3.82. The van der Waals surface area contributed by atoms with E-state index in [1.54, 1.807) is 12.5 Å². The van der Waals surface area contributed by atoms with Crippen LogP contribution in [0.4, 0.5) is 5.82 Å². The van der Waals surface area contributed by atoms with Gasteiger partial charge in [-0.3, -0.25) is 0 Å². The van der Waals surface area contributed by atoms with Crippen LogP contribution in [0.1, 0.15) is 19.5 Å². The van der Waals surface area contributed by atoms with Crippen LogP contribution in [0, 0.1) is 0 Å². The summed E-state index contributed by atoms with van der Waals surface area (Å²) in [4.78, 5) is 13.3. The second kappa shape index (κ2) is 5.48. The highest BCUT2D eigenvalue weighted by molar-refractivity contribution is 9.10. The molecular formula is C12H16BrN5. The summed E-state index contributed by atoms with van der Waals surface area (Å²) in [5.74, 6) is 1.51. The zero-order valence-corrected chi connectivity index (χ0v) is 12.3. The van der Waals surface area contributed by atoms with Crippen LogP contribution in [0.3, 0.4) is 0 Å². The number of nitrogens with zero attached hydrogens (tertiary/aromatic N) is 4. The summed E-state index contributed by atoms with van der Waals surface area (Å²) in [6.07, 6.45) is 4.45. The first-order valence-corrected chi connectivity index (χ1v) is 6.75. The van der Waals surface area contributed by atoms with E-state index < -0.39 is 0 Å². The van der Waals surface area contributed by atoms with Gasteiger partial charge < -0.3 is 9.88 Å². The molecule has 0 unspecified atom stereocenters. The molecule has 18 heavy (non-hydrogen) atoms. The third-order valence-corrected chi connectivity index (χ3v) is 3.61. The van der Waals surface area contributed by atoms with Gasteiger partial charge in [0.1, 0.15) is 11.5 Å². The van der Waals surface area contributed by atoms with E-state index in [4.69, 9.17) is 0 Å². The summed E-state index contributed by atoms with van der Waals surface area (Å²) in [6.45, 7) is 5.00. The van der Waals surface area contributed by atoms with Crippen molar-refractivity contribution in [2.75, 3.05) is 12.4 Å². The quantitative estimate of drug-likeness (QED) is 0.943. The fourth-order valence-corrected chi connectivity index (χ4v) is 2.42. The maximum Gasteiger partial charge on any atom is 0.180 e. The number of hydrogen-bond donors (Lipinski definition) is 1. The number of nitrogens with one attached hydrogen (secondary N) is 1. The van der Waals surface area contributed by atoms with E-state index in [2.05, 4.69) is 50.0 Å². The lowest BCUT2D eigenvalue weighted by atomic mass is 10.3. The fourth-order valence-electron chi connectivity index (χ4n) is 1.77. The molecule has 2 aromatic rings. The Bertz CT molecular complexity index is 524. The standard InChI is InChI=1S/C12H16BrN5/c1-4-8-10(13)12(14-3)17-11(16-8)9-6-15-7-18(9)5-2/h6-7H,4-5H2,1-3H3,(H,14,16,17). The SMILES string of the molecule is CCc1nc(-c2cncn2CC)nc(NC)c1Br. The molecule has 5 nitrogen and oxygen atoms in total. The molecule has 0 fully saturated rings. The van der Waals surface area contributed by atoms with Crippen molar-refractivity contribution in [1.82, 2.24) is 19.5 Å². The lowest BCUT2D eigenvalue weighted by molar-refractivity contribution is 0.762. The van der Waals surface area contributed by atoms with E-state index in [0.717, 1.165) is 34.6 Å². The number of aryl methyl sites for hydroxylation is 2. The molecule has 0 aliphatic carbocycles. The molecular weight excluding hydrogens is 294 g/mol. The lowest BCUT2D eigenvalue weighted by Crippen LogP contribution is -2.05. The fraction of sp³-hybridized carbons (Fsp3) is 0.417. The first-order valence-electron chi connectivity index (χ1n) is 5.95. The molecule has 2 aromatic heterocycles. The molecule has 0 aliphatic heterocycles. The Hall–Kier alpha value is -1.43. The van der Waals surface area contributed by atoms with Crippen molar-refractivity contribution in [2.24, 2.45) is 0 Å². The zero-order valence-electron chi connectivity index (χ0n) is 10.7. The molecule has 1 N–H and O–H groups in total. The predicted molar refractivity (Wildman–Crippen MR) is 75.6 cm³/mol. The minimum atomic E-state index is 0.707. The summed E-state index contributed by atoms with van der Waals surface area (Å²) in [5, 5.41) is 3.08. The minimum Gasteiger partial charge on any atom is -0.372 e. The van der Waals surface area contributed by atoms with Crippen LogP contribution >= 0.6 is 15.9 Å². The largest absolute Gasteiger partial charge is 0.372 e. The molecule has 0 aromatic carbocycles. The molecule has 2 heterocycles. The minimum absolute atomic E-state index is 0.707. The van der Waals surface area contributed by atoms with Crippen LogP contribution in [0.5, 0.6) is 0 Å². The number of imidazole rings is 1. The summed E-state index contributed by atoms with van der Waals surface area (Å²) in [5.41, 5.74) is 1.93. The van der Waals surface area contributed by atoms with Crippen molar-refractivity contribution >= 4 is 21.7 Å². The van der Waals surface area contributed by atoms with Crippen molar-refractivity contribution < 1.29 is 0 Å². The molecule has 0 saturated heterocycles. The van der Waals surface area contributed by atoms with Crippen LogP contribution < -0.4 is 5.32 Å². The van der Waals surface area contributed by atoms with Gasteiger partial charge in [-0.2, -0.15) is 0 Å². The molecule has 0 bridgehead atoms. The van der Waals surface area contributed by atoms with Crippen LogP contribution in [0.2, 0.25) is 0 Å². The van der Waals surface area contributed by atoms with Crippen LogP contribution in [-0.2, 0) is 13.0 Å². The Labute approximate surface area is 115 Å².